The Morgan fingerprint density at radius 2 is 2.00 bits per heavy atom. The lowest BCUT2D eigenvalue weighted by molar-refractivity contribution is -0.111. The van der Waals surface area contributed by atoms with Crippen LogP contribution in [0.4, 0.5) is 23.0 Å². The zero-order valence-corrected chi connectivity index (χ0v) is 21.1. The van der Waals surface area contributed by atoms with E-state index in [0.29, 0.717) is 41.2 Å². The number of amides is 1. The van der Waals surface area contributed by atoms with E-state index in [-0.39, 0.29) is 17.4 Å². The van der Waals surface area contributed by atoms with Gasteiger partial charge >= 0.3 is 0 Å². The van der Waals surface area contributed by atoms with Gasteiger partial charge in [0.1, 0.15) is 23.0 Å². The second-order valence-corrected chi connectivity index (χ2v) is 8.30. The lowest BCUT2D eigenvalue weighted by atomic mass is 10.2. The van der Waals surface area contributed by atoms with Crippen molar-refractivity contribution >= 4 is 40.0 Å². The second kappa shape index (κ2) is 11.3. The van der Waals surface area contributed by atoms with E-state index in [1.54, 1.807) is 26.3 Å². The highest BCUT2D eigenvalue weighted by Crippen LogP contribution is 2.38. The molecule has 1 aromatic carbocycles. The van der Waals surface area contributed by atoms with Crippen molar-refractivity contribution in [2.24, 2.45) is 0 Å². The van der Waals surface area contributed by atoms with Gasteiger partial charge in [-0.25, -0.2) is 4.98 Å². The van der Waals surface area contributed by atoms with Crippen molar-refractivity contribution in [2.45, 2.75) is 13.5 Å². The van der Waals surface area contributed by atoms with E-state index >= 15 is 0 Å². The number of benzene rings is 1. The Balaban J connectivity index is 2.08. The van der Waals surface area contributed by atoms with Gasteiger partial charge in [-0.3, -0.25) is 14.2 Å². The van der Waals surface area contributed by atoms with Gasteiger partial charge < -0.3 is 25.2 Å². The minimum Gasteiger partial charge on any atom is -0.494 e. The van der Waals surface area contributed by atoms with Gasteiger partial charge in [-0.15, -0.1) is 0 Å². The summed E-state index contributed by atoms with van der Waals surface area (Å²) in [6, 6.07) is 6.96. The minimum atomic E-state index is -0.408. The molecular weight excluding hydrogens is 460 g/mol. The number of methoxy groups -OCH3 is 1. The molecule has 36 heavy (non-hydrogen) atoms. The van der Waals surface area contributed by atoms with E-state index in [9.17, 15) is 14.9 Å². The third-order valence-electron chi connectivity index (χ3n) is 5.57. The summed E-state index contributed by atoms with van der Waals surface area (Å²) in [5, 5.41) is 15.8. The molecule has 0 aliphatic heterocycles. The normalized spacial score (nSPS) is 10.7. The molecule has 188 valence electrons. The number of nitrogens with one attached hydrogen (secondary N) is 2. The quantitative estimate of drug-likeness (QED) is 0.412. The maximum atomic E-state index is 12.6. The van der Waals surface area contributed by atoms with Gasteiger partial charge in [-0.1, -0.05) is 6.58 Å². The standard InChI is InChI=1S/C25H30N8O3/c1-7-22(34)28-18-12-19(21(36-6)13-20(18)32(5)10-9-31(3)4)29-25-27-15-17-11-16(14-26)24(35)33(8-2)23(17)30-25/h7,11-13,15H,1,8-10H2,2-6H3,(H,28,34)(H,27,29,30). The lowest BCUT2D eigenvalue weighted by Gasteiger charge is -2.26. The molecule has 2 aromatic heterocycles. The van der Waals surface area contributed by atoms with Crippen molar-refractivity contribution < 1.29 is 9.53 Å². The average Bonchev–Trinajstić information content (AvgIpc) is 2.87. The monoisotopic (exact) mass is 490 g/mol. The lowest BCUT2D eigenvalue weighted by Crippen LogP contribution is -2.29. The molecule has 11 heteroatoms. The molecule has 11 nitrogen and oxygen atoms in total. The van der Waals surface area contributed by atoms with Crippen molar-refractivity contribution in [3.8, 4) is 11.8 Å². The average molecular weight is 491 g/mol. The number of hydrogen-bond donors (Lipinski definition) is 2. The van der Waals surface area contributed by atoms with Crippen LogP contribution in [0.1, 0.15) is 12.5 Å². The van der Waals surface area contributed by atoms with Gasteiger partial charge in [0.25, 0.3) is 5.56 Å². The predicted octanol–water partition coefficient (Wildman–Crippen LogP) is 2.56. The van der Waals surface area contributed by atoms with Crippen LogP contribution in [-0.4, -0.2) is 66.7 Å². The molecular formula is C25H30N8O3. The van der Waals surface area contributed by atoms with E-state index in [2.05, 4.69) is 32.1 Å². The number of carbonyl (C=O) groups is 1. The number of rotatable bonds is 10. The van der Waals surface area contributed by atoms with E-state index in [4.69, 9.17) is 4.74 Å². The highest BCUT2D eigenvalue weighted by atomic mass is 16.5. The molecule has 0 atom stereocenters. The molecule has 0 fully saturated rings. The fraction of sp³-hybridized carbons (Fsp3) is 0.320. The molecule has 2 N–H and O–H groups in total. The number of nitrogens with zero attached hydrogens (tertiary/aromatic N) is 6. The number of aromatic nitrogens is 3. The number of carbonyl (C=O) groups excluding carboxylic acids is 1. The summed E-state index contributed by atoms with van der Waals surface area (Å²) in [6.45, 7) is 7.21. The van der Waals surface area contributed by atoms with Crippen LogP contribution in [-0.2, 0) is 11.3 Å². The molecule has 0 bridgehead atoms. The van der Waals surface area contributed by atoms with Gasteiger partial charge in [0.15, 0.2) is 0 Å². The largest absolute Gasteiger partial charge is 0.494 e. The van der Waals surface area contributed by atoms with E-state index in [0.717, 1.165) is 12.2 Å². The van der Waals surface area contributed by atoms with Crippen LogP contribution in [0.25, 0.3) is 11.0 Å². The highest BCUT2D eigenvalue weighted by molar-refractivity contribution is 6.02. The molecule has 3 rings (SSSR count). The number of likely N-dealkylation sites (N-methyl/N-ethyl adjacent to an activating group) is 2. The SMILES string of the molecule is C=CC(=O)Nc1cc(Nc2ncc3cc(C#N)c(=O)n(CC)c3n2)c(OC)cc1N(C)CCN(C)C. The minimum absolute atomic E-state index is 0.0342. The van der Waals surface area contributed by atoms with E-state index < -0.39 is 5.56 Å². The van der Waals surface area contributed by atoms with E-state index in [1.807, 2.05) is 38.2 Å². The van der Waals surface area contributed by atoms with Gasteiger partial charge in [0.2, 0.25) is 11.9 Å². The van der Waals surface area contributed by atoms with Gasteiger partial charge in [-0.2, -0.15) is 10.2 Å². The molecule has 0 aliphatic carbocycles. The topological polar surface area (TPSA) is 128 Å². The Kier molecular flexibility index (Phi) is 8.24. The maximum Gasteiger partial charge on any atom is 0.270 e. The highest BCUT2D eigenvalue weighted by Gasteiger charge is 2.17. The second-order valence-electron chi connectivity index (χ2n) is 8.30. The zero-order valence-electron chi connectivity index (χ0n) is 21.1. The van der Waals surface area contributed by atoms with Crippen molar-refractivity contribution in [1.82, 2.24) is 19.4 Å². The van der Waals surface area contributed by atoms with Crippen LogP contribution < -0.4 is 25.8 Å². The number of nitriles is 1. The summed E-state index contributed by atoms with van der Waals surface area (Å²) in [7, 11) is 7.46. The Morgan fingerprint density at radius 1 is 1.25 bits per heavy atom. The Bertz CT molecular complexity index is 1390. The zero-order chi connectivity index (χ0) is 26.4. The predicted molar refractivity (Wildman–Crippen MR) is 141 cm³/mol. The molecule has 0 spiro atoms. The van der Waals surface area contributed by atoms with Gasteiger partial charge in [0, 0.05) is 44.3 Å². The molecule has 0 unspecified atom stereocenters. The van der Waals surface area contributed by atoms with Crippen LogP contribution in [0.5, 0.6) is 5.75 Å². The smallest absolute Gasteiger partial charge is 0.270 e. The first-order chi connectivity index (χ1) is 17.2. The number of fused-ring (bicyclic) bond motifs is 1. The fourth-order valence-corrected chi connectivity index (χ4v) is 3.62. The number of aryl methyl sites for hydroxylation is 1. The van der Waals surface area contributed by atoms with Crippen LogP contribution in [0.3, 0.4) is 0 Å². The van der Waals surface area contributed by atoms with Crippen LogP contribution >= 0.6 is 0 Å². The van der Waals surface area contributed by atoms with Crippen molar-refractivity contribution in [3.05, 3.63) is 53.0 Å². The molecule has 0 aliphatic rings. The summed E-state index contributed by atoms with van der Waals surface area (Å²) < 4.78 is 7.05. The summed E-state index contributed by atoms with van der Waals surface area (Å²) in [4.78, 5) is 37.7. The molecule has 0 saturated carbocycles. The third-order valence-corrected chi connectivity index (χ3v) is 5.57. The molecule has 3 aromatic rings. The van der Waals surface area contributed by atoms with Crippen LogP contribution in [0, 0.1) is 11.3 Å². The van der Waals surface area contributed by atoms with Crippen molar-refractivity contribution in [1.29, 1.82) is 5.26 Å². The first kappa shape index (κ1) is 26.2. The first-order valence-corrected chi connectivity index (χ1v) is 11.3. The summed E-state index contributed by atoms with van der Waals surface area (Å²) in [5.41, 5.74) is 1.85. The van der Waals surface area contributed by atoms with Crippen LogP contribution in [0.2, 0.25) is 0 Å². The fourth-order valence-electron chi connectivity index (χ4n) is 3.62. The molecule has 1 amide bonds. The number of ether oxygens (including phenoxy) is 1. The van der Waals surface area contributed by atoms with E-state index in [1.165, 1.54) is 16.7 Å². The van der Waals surface area contributed by atoms with Crippen LogP contribution in [0.15, 0.2) is 41.8 Å². The maximum absolute atomic E-state index is 12.6. The molecule has 2 heterocycles. The number of anilines is 4. The van der Waals surface area contributed by atoms with Crippen molar-refractivity contribution in [2.75, 3.05) is 56.9 Å². The first-order valence-electron chi connectivity index (χ1n) is 11.3. The van der Waals surface area contributed by atoms with Gasteiger partial charge in [-0.05, 0) is 39.2 Å². The third kappa shape index (κ3) is 5.61. The Labute approximate surface area is 209 Å². The van der Waals surface area contributed by atoms with Gasteiger partial charge in [0.05, 0.1) is 24.2 Å². The molecule has 0 radical (unpaired) electrons. The molecule has 0 saturated heterocycles. The van der Waals surface area contributed by atoms with Crippen molar-refractivity contribution in [3.63, 3.8) is 0 Å². The Morgan fingerprint density at radius 3 is 2.61 bits per heavy atom. The summed E-state index contributed by atoms with van der Waals surface area (Å²) in [5.74, 6) is 0.382. The Hall–Kier alpha value is -4.43. The summed E-state index contributed by atoms with van der Waals surface area (Å²) >= 11 is 0. The number of pyridine rings is 1. The summed E-state index contributed by atoms with van der Waals surface area (Å²) in [6.07, 6.45) is 2.75. The number of hydrogen-bond acceptors (Lipinski definition) is 9.